The topological polar surface area (TPSA) is 42.6 Å². The number of halogens is 1. The van der Waals surface area contributed by atoms with Gasteiger partial charge in [-0.25, -0.2) is 0 Å². The Morgan fingerprint density at radius 2 is 2.11 bits per heavy atom. The van der Waals surface area contributed by atoms with Gasteiger partial charge in [-0.1, -0.05) is 37.6 Å². The van der Waals surface area contributed by atoms with E-state index in [-0.39, 0.29) is 12.0 Å². The lowest BCUT2D eigenvalue weighted by atomic mass is 10.00. The summed E-state index contributed by atoms with van der Waals surface area (Å²) < 4.78 is 11.3. The molecule has 0 saturated heterocycles. The maximum Gasteiger partial charge on any atom is 0.152 e. The predicted octanol–water partition coefficient (Wildman–Crippen LogP) is 4.18. The van der Waals surface area contributed by atoms with Crippen LogP contribution in [0, 0.1) is 5.92 Å². The molecule has 1 aromatic carbocycles. The third-order valence-electron chi connectivity index (χ3n) is 3.13. The van der Waals surface area contributed by atoms with E-state index in [4.69, 9.17) is 20.8 Å². The number of fused-ring (bicyclic) bond motifs is 1. The van der Waals surface area contributed by atoms with Gasteiger partial charge in [0.25, 0.3) is 0 Å². The van der Waals surface area contributed by atoms with Crippen LogP contribution in [-0.4, -0.2) is 17.8 Å². The van der Waals surface area contributed by atoms with Crippen LogP contribution in [-0.2, 0) is 4.74 Å². The summed E-state index contributed by atoms with van der Waals surface area (Å²) in [6, 6.07) is 7.36. The minimum absolute atomic E-state index is 0.193. The van der Waals surface area contributed by atoms with Gasteiger partial charge in [-0.3, -0.25) is 0 Å². The second-order valence-electron chi connectivity index (χ2n) is 4.92. The summed E-state index contributed by atoms with van der Waals surface area (Å²) in [5.74, 6) is 0.689. The van der Waals surface area contributed by atoms with Crippen LogP contribution in [0.5, 0.6) is 0 Å². The number of benzene rings is 1. The molecule has 1 aromatic heterocycles. The molecule has 2 aromatic rings. The summed E-state index contributed by atoms with van der Waals surface area (Å²) >= 11 is 6.07. The summed E-state index contributed by atoms with van der Waals surface area (Å²) in [4.78, 5) is 0. The molecule has 0 spiro atoms. The smallest absolute Gasteiger partial charge is 0.152 e. The lowest BCUT2D eigenvalue weighted by molar-refractivity contribution is -0.0657. The van der Waals surface area contributed by atoms with Crippen LogP contribution in [0.15, 0.2) is 28.7 Å². The predicted molar refractivity (Wildman–Crippen MR) is 76.4 cm³/mol. The molecule has 0 saturated carbocycles. The largest absolute Gasteiger partial charge is 0.457 e. The van der Waals surface area contributed by atoms with Gasteiger partial charge in [-0.15, -0.1) is 0 Å². The van der Waals surface area contributed by atoms with Crippen LogP contribution in [0.25, 0.3) is 11.0 Å². The van der Waals surface area contributed by atoms with Crippen molar-refractivity contribution in [1.29, 1.82) is 0 Å². The SMILES string of the molecule is CCOC(C(C)C)C(O)c1cc2cccc(Cl)c2o1. The first-order valence-electron chi connectivity index (χ1n) is 6.52. The molecule has 1 heterocycles. The van der Waals surface area contributed by atoms with Gasteiger partial charge >= 0.3 is 0 Å². The third kappa shape index (κ3) is 2.94. The molecule has 2 rings (SSSR count). The standard InChI is InChI=1S/C15H19ClO3/c1-4-18-14(9(2)3)13(17)12-8-10-6-5-7-11(16)15(10)19-12/h5-9,13-14,17H,4H2,1-3H3. The Morgan fingerprint density at radius 3 is 2.68 bits per heavy atom. The van der Waals surface area contributed by atoms with Crippen LogP contribution in [0.4, 0.5) is 0 Å². The molecule has 0 fully saturated rings. The second-order valence-corrected chi connectivity index (χ2v) is 5.32. The Bertz CT molecular complexity index is 547. The van der Waals surface area contributed by atoms with E-state index < -0.39 is 6.10 Å². The molecule has 0 radical (unpaired) electrons. The van der Waals surface area contributed by atoms with Crippen LogP contribution < -0.4 is 0 Å². The molecule has 0 amide bonds. The second kappa shape index (κ2) is 5.95. The lowest BCUT2D eigenvalue weighted by Crippen LogP contribution is -2.27. The summed E-state index contributed by atoms with van der Waals surface area (Å²) in [7, 11) is 0. The normalized spacial score (nSPS) is 15.1. The molecule has 19 heavy (non-hydrogen) atoms. The highest BCUT2D eigenvalue weighted by atomic mass is 35.5. The lowest BCUT2D eigenvalue weighted by Gasteiger charge is -2.24. The maximum atomic E-state index is 10.4. The maximum absolute atomic E-state index is 10.4. The molecule has 0 aliphatic heterocycles. The first-order chi connectivity index (χ1) is 9.04. The fourth-order valence-corrected chi connectivity index (χ4v) is 2.42. The van der Waals surface area contributed by atoms with Crippen molar-refractivity contribution in [1.82, 2.24) is 0 Å². The van der Waals surface area contributed by atoms with Crippen molar-refractivity contribution >= 4 is 22.6 Å². The summed E-state index contributed by atoms with van der Waals surface area (Å²) in [6.07, 6.45) is -1.08. The zero-order chi connectivity index (χ0) is 14.0. The van der Waals surface area contributed by atoms with E-state index in [1.165, 1.54) is 0 Å². The number of hydrogen-bond donors (Lipinski definition) is 1. The van der Waals surface area contributed by atoms with E-state index in [2.05, 4.69) is 0 Å². The van der Waals surface area contributed by atoms with Gasteiger partial charge in [0, 0.05) is 12.0 Å². The summed E-state index contributed by atoms with van der Waals surface area (Å²) in [6.45, 7) is 6.50. The minimum atomic E-state index is -0.789. The van der Waals surface area contributed by atoms with Crippen molar-refractivity contribution in [2.24, 2.45) is 5.92 Å². The quantitative estimate of drug-likeness (QED) is 0.894. The highest BCUT2D eigenvalue weighted by molar-refractivity contribution is 6.34. The molecule has 104 valence electrons. The number of aliphatic hydroxyl groups is 1. The number of aliphatic hydroxyl groups excluding tert-OH is 1. The van der Waals surface area contributed by atoms with Crippen LogP contribution in [0.3, 0.4) is 0 Å². The summed E-state index contributed by atoms with van der Waals surface area (Å²) in [5, 5.41) is 11.9. The van der Waals surface area contributed by atoms with Crippen molar-refractivity contribution in [2.45, 2.75) is 33.0 Å². The van der Waals surface area contributed by atoms with Gasteiger partial charge in [0.05, 0.1) is 11.1 Å². The van der Waals surface area contributed by atoms with Crippen LogP contribution in [0.2, 0.25) is 5.02 Å². The van der Waals surface area contributed by atoms with E-state index >= 15 is 0 Å². The Balaban J connectivity index is 2.34. The van der Waals surface area contributed by atoms with Gasteiger partial charge in [-0.2, -0.15) is 0 Å². The average molecular weight is 283 g/mol. The number of hydrogen-bond acceptors (Lipinski definition) is 3. The Labute approximate surface area is 118 Å². The Kier molecular flexibility index (Phi) is 4.50. The molecule has 0 bridgehead atoms. The number of para-hydroxylation sites is 1. The molecule has 0 aliphatic carbocycles. The zero-order valence-corrected chi connectivity index (χ0v) is 12.1. The molecule has 4 heteroatoms. The van der Waals surface area contributed by atoms with Crippen molar-refractivity contribution in [3.8, 4) is 0 Å². The van der Waals surface area contributed by atoms with Gasteiger partial charge < -0.3 is 14.3 Å². The van der Waals surface area contributed by atoms with Crippen molar-refractivity contribution in [2.75, 3.05) is 6.61 Å². The van der Waals surface area contributed by atoms with Gasteiger partial charge in [0.2, 0.25) is 0 Å². The van der Waals surface area contributed by atoms with Gasteiger partial charge in [0.1, 0.15) is 11.9 Å². The molecule has 2 unspecified atom stereocenters. The third-order valence-corrected chi connectivity index (χ3v) is 3.43. The van der Waals surface area contributed by atoms with Crippen LogP contribution >= 0.6 is 11.6 Å². The van der Waals surface area contributed by atoms with Gasteiger partial charge in [-0.05, 0) is 25.0 Å². The molecular weight excluding hydrogens is 264 g/mol. The molecule has 3 nitrogen and oxygen atoms in total. The average Bonchev–Trinajstić information content (AvgIpc) is 2.80. The fraction of sp³-hybridized carbons (Fsp3) is 0.467. The Morgan fingerprint density at radius 1 is 1.37 bits per heavy atom. The highest BCUT2D eigenvalue weighted by Crippen LogP contribution is 2.32. The molecule has 2 atom stereocenters. The molecule has 1 N–H and O–H groups in total. The number of ether oxygens (including phenoxy) is 1. The zero-order valence-electron chi connectivity index (χ0n) is 11.4. The minimum Gasteiger partial charge on any atom is -0.457 e. The number of rotatable bonds is 5. The van der Waals surface area contributed by atoms with E-state index in [0.29, 0.717) is 23.0 Å². The first kappa shape index (κ1) is 14.4. The Hall–Kier alpha value is -1.03. The molecule has 0 aliphatic rings. The van der Waals surface area contributed by atoms with E-state index in [1.54, 1.807) is 6.07 Å². The van der Waals surface area contributed by atoms with E-state index in [9.17, 15) is 5.11 Å². The van der Waals surface area contributed by atoms with Crippen molar-refractivity contribution < 1.29 is 14.3 Å². The molecular formula is C15H19ClO3. The highest BCUT2D eigenvalue weighted by Gasteiger charge is 2.27. The van der Waals surface area contributed by atoms with E-state index in [1.807, 2.05) is 39.0 Å². The van der Waals surface area contributed by atoms with Crippen molar-refractivity contribution in [3.05, 3.63) is 35.0 Å². The monoisotopic (exact) mass is 282 g/mol. The summed E-state index contributed by atoms with van der Waals surface area (Å²) in [5.41, 5.74) is 0.609. The number of furan rings is 1. The van der Waals surface area contributed by atoms with Crippen molar-refractivity contribution in [3.63, 3.8) is 0 Å². The fourth-order valence-electron chi connectivity index (χ4n) is 2.20. The van der Waals surface area contributed by atoms with Gasteiger partial charge in [0.15, 0.2) is 5.58 Å². The van der Waals surface area contributed by atoms with E-state index in [0.717, 1.165) is 5.39 Å². The first-order valence-corrected chi connectivity index (χ1v) is 6.90. The van der Waals surface area contributed by atoms with Crippen LogP contribution in [0.1, 0.15) is 32.6 Å².